The van der Waals surface area contributed by atoms with Gasteiger partial charge >= 0.3 is 0 Å². The van der Waals surface area contributed by atoms with Gasteiger partial charge in [0.2, 0.25) is 5.88 Å². The lowest BCUT2D eigenvalue weighted by atomic mass is 10.2. The summed E-state index contributed by atoms with van der Waals surface area (Å²) in [5.74, 6) is 1.45. The van der Waals surface area contributed by atoms with Gasteiger partial charge in [-0.25, -0.2) is 4.98 Å². The average Bonchev–Trinajstić information content (AvgIpc) is 2.47. The predicted octanol–water partition coefficient (Wildman–Crippen LogP) is 3.93. The highest BCUT2D eigenvalue weighted by molar-refractivity contribution is 5.31. The third kappa shape index (κ3) is 4.35. The standard InChI is InChI=1S/C17H22N2O/c1-4-14-5-8-16(9-6-14)20-17-10-7-15(12-19-17)11-18-13(2)3/h5-10,12-13,18H,4,11H2,1-3H3. The summed E-state index contributed by atoms with van der Waals surface area (Å²) in [6.07, 6.45) is 2.89. The van der Waals surface area contributed by atoms with Crippen molar-refractivity contribution in [3.63, 3.8) is 0 Å². The van der Waals surface area contributed by atoms with Gasteiger partial charge in [0, 0.05) is 24.8 Å². The Morgan fingerprint density at radius 1 is 1.05 bits per heavy atom. The number of ether oxygens (including phenoxy) is 1. The van der Waals surface area contributed by atoms with Gasteiger partial charge in [0.05, 0.1) is 0 Å². The quantitative estimate of drug-likeness (QED) is 0.863. The van der Waals surface area contributed by atoms with E-state index in [1.54, 1.807) is 0 Å². The van der Waals surface area contributed by atoms with Gasteiger partial charge < -0.3 is 10.1 Å². The van der Waals surface area contributed by atoms with Gasteiger partial charge in [-0.3, -0.25) is 0 Å². The Morgan fingerprint density at radius 3 is 2.30 bits per heavy atom. The van der Waals surface area contributed by atoms with Crippen LogP contribution >= 0.6 is 0 Å². The second-order valence-electron chi connectivity index (χ2n) is 5.14. The number of hydrogen-bond donors (Lipinski definition) is 1. The van der Waals surface area contributed by atoms with Crippen molar-refractivity contribution in [2.75, 3.05) is 0 Å². The Morgan fingerprint density at radius 2 is 1.75 bits per heavy atom. The maximum Gasteiger partial charge on any atom is 0.219 e. The molecule has 106 valence electrons. The summed E-state index contributed by atoms with van der Waals surface area (Å²) in [6.45, 7) is 7.23. The van der Waals surface area contributed by atoms with Gasteiger partial charge in [0.15, 0.2) is 0 Å². The normalized spacial score (nSPS) is 10.8. The van der Waals surface area contributed by atoms with E-state index in [-0.39, 0.29) is 0 Å². The van der Waals surface area contributed by atoms with E-state index in [1.807, 2.05) is 30.5 Å². The largest absolute Gasteiger partial charge is 0.439 e. The lowest BCUT2D eigenvalue weighted by molar-refractivity contribution is 0.462. The molecule has 0 aliphatic heterocycles. The molecule has 2 rings (SSSR count). The van der Waals surface area contributed by atoms with Crippen LogP contribution in [0, 0.1) is 0 Å². The summed E-state index contributed by atoms with van der Waals surface area (Å²) < 4.78 is 5.73. The van der Waals surface area contributed by atoms with E-state index in [4.69, 9.17) is 4.74 Å². The molecule has 0 saturated heterocycles. The zero-order chi connectivity index (χ0) is 14.4. The van der Waals surface area contributed by atoms with Crippen molar-refractivity contribution in [3.8, 4) is 11.6 Å². The molecular weight excluding hydrogens is 248 g/mol. The minimum atomic E-state index is 0.475. The zero-order valence-corrected chi connectivity index (χ0v) is 12.4. The number of rotatable bonds is 6. The van der Waals surface area contributed by atoms with Crippen LogP contribution in [0.25, 0.3) is 0 Å². The number of nitrogens with one attached hydrogen (secondary N) is 1. The predicted molar refractivity (Wildman–Crippen MR) is 82.1 cm³/mol. The fraction of sp³-hybridized carbons (Fsp3) is 0.353. The van der Waals surface area contributed by atoms with Crippen LogP contribution in [0.5, 0.6) is 11.6 Å². The minimum absolute atomic E-state index is 0.475. The summed E-state index contributed by atoms with van der Waals surface area (Å²) in [6, 6.07) is 12.5. The summed E-state index contributed by atoms with van der Waals surface area (Å²) in [4.78, 5) is 4.33. The monoisotopic (exact) mass is 270 g/mol. The highest BCUT2D eigenvalue weighted by Crippen LogP contribution is 2.20. The fourth-order valence-corrected chi connectivity index (χ4v) is 1.81. The first-order valence-corrected chi connectivity index (χ1v) is 7.12. The van der Waals surface area contributed by atoms with Gasteiger partial charge in [-0.2, -0.15) is 0 Å². The third-order valence-electron chi connectivity index (χ3n) is 3.07. The van der Waals surface area contributed by atoms with Gasteiger partial charge in [0.25, 0.3) is 0 Å². The molecule has 0 aliphatic rings. The molecule has 0 bridgehead atoms. The summed E-state index contributed by atoms with van der Waals surface area (Å²) in [5, 5.41) is 3.36. The number of aromatic nitrogens is 1. The third-order valence-corrected chi connectivity index (χ3v) is 3.07. The number of pyridine rings is 1. The van der Waals surface area contributed by atoms with Crippen molar-refractivity contribution in [3.05, 3.63) is 53.7 Å². The van der Waals surface area contributed by atoms with Crippen molar-refractivity contribution in [2.45, 2.75) is 39.8 Å². The van der Waals surface area contributed by atoms with E-state index >= 15 is 0 Å². The molecule has 0 fully saturated rings. The minimum Gasteiger partial charge on any atom is -0.439 e. The van der Waals surface area contributed by atoms with Gasteiger partial charge in [-0.15, -0.1) is 0 Å². The van der Waals surface area contributed by atoms with E-state index in [2.05, 4.69) is 43.2 Å². The Bertz CT molecular complexity index is 518. The van der Waals surface area contributed by atoms with Crippen LogP contribution in [0.4, 0.5) is 0 Å². The fourth-order valence-electron chi connectivity index (χ4n) is 1.81. The number of aryl methyl sites for hydroxylation is 1. The molecule has 3 nitrogen and oxygen atoms in total. The highest BCUT2D eigenvalue weighted by atomic mass is 16.5. The second-order valence-corrected chi connectivity index (χ2v) is 5.14. The van der Waals surface area contributed by atoms with Crippen molar-refractivity contribution in [1.29, 1.82) is 0 Å². The lowest BCUT2D eigenvalue weighted by Crippen LogP contribution is -2.21. The van der Waals surface area contributed by atoms with Crippen molar-refractivity contribution >= 4 is 0 Å². The SMILES string of the molecule is CCc1ccc(Oc2ccc(CNC(C)C)cn2)cc1. The molecular formula is C17H22N2O. The van der Waals surface area contributed by atoms with E-state index < -0.39 is 0 Å². The maximum atomic E-state index is 5.73. The van der Waals surface area contributed by atoms with Gasteiger partial charge in [-0.1, -0.05) is 39.0 Å². The molecule has 1 N–H and O–H groups in total. The Hall–Kier alpha value is -1.87. The van der Waals surface area contributed by atoms with Crippen LogP contribution < -0.4 is 10.1 Å². The Labute approximate surface area is 121 Å². The molecule has 0 spiro atoms. The topological polar surface area (TPSA) is 34.1 Å². The molecule has 20 heavy (non-hydrogen) atoms. The smallest absolute Gasteiger partial charge is 0.219 e. The molecule has 0 radical (unpaired) electrons. The molecule has 2 aromatic rings. The van der Waals surface area contributed by atoms with Crippen LogP contribution in [0.2, 0.25) is 0 Å². The average molecular weight is 270 g/mol. The van der Waals surface area contributed by atoms with Gasteiger partial charge in [0.1, 0.15) is 5.75 Å². The van der Waals surface area contributed by atoms with Crippen LogP contribution in [0.3, 0.4) is 0 Å². The molecule has 0 aliphatic carbocycles. The summed E-state index contributed by atoms with van der Waals surface area (Å²) in [5.41, 5.74) is 2.47. The van der Waals surface area contributed by atoms with Crippen LogP contribution in [0.1, 0.15) is 31.9 Å². The number of benzene rings is 1. The highest BCUT2D eigenvalue weighted by Gasteiger charge is 2.00. The van der Waals surface area contributed by atoms with E-state index in [0.29, 0.717) is 11.9 Å². The molecule has 0 atom stereocenters. The van der Waals surface area contributed by atoms with E-state index in [9.17, 15) is 0 Å². The molecule has 1 heterocycles. The van der Waals surface area contributed by atoms with Crippen LogP contribution in [0.15, 0.2) is 42.6 Å². The summed E-state index contributed by atoms with van der Waals surface area (Å²) >= 11 is 0. The Kier molecular flexibility index (Phi) is 5.13. The molecule has 1 aromatic heterocycles. The van der Waals surface area contributed by atoms with Gasteiger partial charge in [-0.05, 0) is 29.7 Å². The first kappa shape index (κ1) is 14.5. The van der Waals surface area contributed by atoms with E-state index in [1.165, 1.54) is 5.56 Å². The molecule has 0 saturated carbocycles. The second kappa shape index (κ2) is 7.06. The lowest BCUT2D eigenvalue weighted by Gasteiger charge is -2.09. The van der Waals surface area contributed by atoms with Crippen molar-refractivity contribution < 1.29 is 4.74 Å². The maximum absolute atomic E-state index is 5.73. The summed E-state index contributed by atoms with van der Waals surface area (Å²) in [7, 11) is 0. The molecule has 3 heteroatoms. The van der Waals surface area contributed by atoms with Crippen molar-refractivity contribution in [1.82, 2.24) is 10.3 Å². The van der Waals surface area contributed by atoms with Crippen LogP contribution in [-0.2, 0) is 13.0 Å². The molecule has 1 aromatic carbocycles. The number of nitrogens with zero attached hydrogens (tertiary/aromatic N) is 1. The van der Waals surface area contributed by atoms with Crippen LogP contribution in [-0.4, -0.2) is 11.0 Å². The first-order chi connectivity index (χ1) is 9.67. The zero-order valence-electron chi connectivity index (χ0n) is 12.4. The first-order valence-electron chi connectivity index (χ1n) is 7.12. The van der Waals surface area contributed by atoms with Crippen molar-refractivity contribution in [2.24, 2.45) is 0 Å². The Balaban J connectivity index is 1.95. The van der Waals surface area contributed by atoms with E-state index in [0.717, 1.165) is 24.3 Å². The molecule has 0 amide bonds. The number of hydrogen-bond acceptors (Lipinski definition) is 3. The molecule has 0 unspecified atom stereocenters.